The number of nitrogens with one attached hydrogen (secondary N) is 2. The van der Waals surface area contributed by atoms with Crippen molar-refractivity contribution < 1.29 is 13.9 Å². The second kappa shape index (κ2) is 16.2. The third kappa shape index (κ3) is 8.57. The molecule has 4 aromatic carbocycles. The number of hydrogen-bond acceptors (Lipinski definition) is 3. The molecule has 0 aromatic heterocycles. The zero-order valence-corrected chi connectivity index (χ0v) is 28.2. The van der Waals surface area contributed by atoms with E-state index in [0.29, 0.717) is 25.4 Å². The number of carbonyl (C=O) groups excluding carboxylic acids is 1. The maximum atomic E-state index is 13.2. The van der Waals surface area contributed by atoms with E-state index in [2.05, 4.69) is 103 Å². The van der Waals surface area contributed by atoms with Gasteiger partial charge in [0.05, 0.1) is 7.11 Å². The van der Waals surface area contributed by atoms with E-state index in [1.54, 1.807) is 19.2 Å². The largest absolute Gasteiger partial charge is 0.497 e. The summed E-state index contributed by atoms with van der Waals surface area (Å²) in [4.78, 5) is 12.7. The number of hydrogen-bond donors (Lipinski definition) is 2. The van der Waals surface area contributed by atoms with Crippen molar-refractivity contribution in [2.75, 3.05) is 13.7 Å². The number of carbonyl (C=O) groups is 1. The molecule has 1 amide bonds. The van der Waals surface area contributed by atoms with Crippen LogP contribution >= 0.6 is 12.4 Å². The van der Waals surface area contributed by atoms with Gasteiger partial charge in [0.2, 0.25) is 5.91 Å². The van der Waals surface area contributed by atoms with Crippen LogP contribution in [-0.2, 0) is 28.6 Å². The molecule has 0 saturated heterocycles. The molecule has 4 nitrogen and oxygen atoms in total. The first-order chi connectivity index (χ1) is 21.8. The van der Waals surface area contributed by atoms with E-state index in [1.165, 1.54) is 34.4 Å². The van der Waals surface area contributed by atoms with Crippen LogP contribution in [0.5, 0.6) is 5.75 Å². The number of rotatable bonds is 14. The summed E-state index contributed by atoms with van der Waals surface area (Å²) in [5.74, 6) is 0.676. The van der Waals surface area contributed by atoms with Crippen LogP contribution < -0.4 is 15.4 Å². The Morgan fingerprint density at radius 3 is 2.20 bits per heavy atom. The first-order valence-corrected chi connectivity index (χ1v) is 16.4. The second-order valence-electron chi connectivity index (χ2n) is 12.9. The highest BCUT2D eigenvalue weighted by Gasteiger charge is 2.38. The minimum Gasteiger partial charge on any atom is -0.497 e. The van der Waals surface area contributed by atoms with Crippen LogP contribution in [0.15, 0.2) is 103 Å². The summed E-state index contributed by atoms with van der Waals surface area (Å²) in [6.45, 7) is 5.24. The summed E-state index contributed by atoms with van der Waals surface area (Å²) >= 11 is 0. The van der Waals surface area contributed by atoms with Gasteiger partial charge in [0, 0.05) is 30.0 Å². The van der Waals surface area contributed by atoms with Gasteiger partial charge in [-0.1, -0.05) is 85.3 Å². The van der Waals surface area contributed by atoms with E-state index in [0.717, 1.165) is 49.8 Å². The van der Waals surface area contributed by atoms with Gasteiger partial charge in [0.15, 0.2) is 0 Å². The maximum absolute atomic E-state index is 13.2. The van der Waals surface area contributed by atoms with E-state index in [9.17, 15) is 9.18 Å². The first kappa shape index (κ1) is 35.2. The Morgan fingerprint density at radius 1 is 0.935 bits per heavy atom. The number of aryl methyl sites for hydroxylation is 1. The quantitative estimate of drug-likeness (QED) is 0.135. The fraction of sp³-hybridized carbons (Fsp3) is 0.375. The van der Waals surface area contributed by atoms with Crippen LogP contribution in [0.1, 0.15) is 80.2 Å². The van der Waals surface area contributed by atoms with Gasteiger partial charge in [0.1, 0.15) is 11.6 Å². The Morgan fingerprint density at radius 2 is 1.57 bits per heavy atom. The lowest BCUT2D eigenvalue weighted by atomic mass is 9.67. The standard InChI is InChI=1S/C40H47FN2O2.ClH/c1-30-28-32-19-22-36(45-3)29-37(32)39(2,43-30)24-10-25-40(33-12-6-4-7-13-33,34-14-8-5-9-15-34)26-11-27-42-38(44)23-18-31-16-20-35(41)21-17-31;/h4-9,12-17,19-22,29-30,43H,10-11,18,23-28H2,1-3H3,(H,42,44);1H. The molecule has 0 aliphatic carbocycles. The van der Waals surface area contributed by atoms with Gasteiger partial charge in [-0.25, -0.2) is 4.39 Å². The van der Waals surface area contributed by atoms with Crippen molar-refractivity contribution in [2.45, 2.75) is 82.2 Å². The Hall–Kier alpha value is -3.67. The van der Waals surface area contributed by atoms with Crippen molar-refractivity contribution in [3.05, 3.63) is 137 Å². The van der Waals surface area contributed by atoms with Crippen molar-refractivity contribution >= 4 is 18.3 Å². The summed E-state index contributed by atoms with van der Waals surface area (Å²) in [6, 6.07) is 35.1. The number of amides is 1. The molecule has 0 bridgehead atoms. The molecular weight excluding hydrogens is 595 g/mol. The zero-order chi connectivity index (χ0) is 31.7. The van der Waals surface area contributed by atoms with Gasteiger partial charge >= 0.3 is 0 Å². The predicted octanol–water partition coefficient (Wildman–Crippen LogP) is 8.69. The molecule has 2 N–H and O–H groups in total. The summed E-state index contributed by atoms with van der Waals surface area (Å²) in [7, 11) is 1.74. The Bertz CT molecular complexity index is 1490. The normalized spacial score (nSPS) is 17.4. The van der Waals surface area contributed by atoms with Gasteiger partial charge < -0.3 is 15.4 Å². The molecule has 5 rings (SSSR count). The zero-order valence-electron chi connectivity index (χ0n) is 27.4. The van der Waals surface area contributed by atoms with E-state index in [1.807, 2.05) is 0 Å². The molecule has 2 atom stereocenters. The van der Waals surface area contributed by atoms with E-state index in [4.69, 9.17) is 4.74 Å². The highest BCUT2D eigenvalue weighted by atomic mass is 35.5. The van der Waals surface area contributed by atoms with Gasteiger partial charge in [0.25, 0.3) is 0 Å². The predicted molar refractivity (Wildman–Crippen MR) is 188 cm³/mol. The van der Waals surface area contributed by atoms with Crippen molar-refractivity contribution in [1.29, 1.82) is 0 Å². The van der Waals surface area contributed by atoms with Crippen LogP contribution in [0.3, 0.4) is 0 Å². The minimum atomic E-state index is -0.257. The fourth-order valence-electron chi connectivity index (χ4n) is 7.33. The lowest BCUT2D eigenvalue weighted by Gasteiger charge is -2.42. The topological polar surface area (TPSA) is 50.4 Å². The van der Waals surface area contributed by atoms with Crippen molar-refractivity contribution in [1.82, 2.24) is 10.6 Å². The lowest BCUT2D eigenvalue weighted by molar-refractivity contribution is -0.121. The molecule has 0 spiro atoms. The van der Waals surface area contributed by atoms with Crippen LogP contribution in [0.2, 0.25) is 0 Å². The molecule has 0 saturated carbocycles. The average molecular weight is 643 g/mol. The minimum absolute atomic E-state index is 0. The summed E-state index contributed by atoms with van der Waals surface area (Å²) in [6.07, 6.45) is 6.81. The lowest BCUT2D eigenvalue weighted by Crippen LogP contribution is -2.50. The van der Waals surface area contributed by atoms with Gasteiger partial charge in [-0.2, -0.15) is 0 Å². The molecule has 244 valence electrons. The summed E-state index contributed by atoms with van der Waals surface area (Å²) in [5.41, 5.74) is 6.00. The number of benzene rings is 4. The Labute approximate surface area is 280 Å². The molecule has 4 aromatic rings. The van der Waals surface area contributed by atoms with Crippen LogP contribution in [0.25, 0.3) is 0 Å². The average Bonchev–Trinajstić information content (AvgIpc) is 3.06. The summed E-state index contributed by atoms with van der Waals surface area (Å²) in [5, 5.41) is 7.08. The number of ether oxygens (including phenoxy) is 1. The SMILES string of the molecule is COc1ccc2c(c1)C(C)(CCCC(CCCNC(=O)CCc1ccc(F)cc1)(c1ccccc1)c1ccccc1)NC(C)C2.Cl. The Kier molecular flexibility index (Phi) is 12.4. The third-order valence-electron chi connectivity index (χ3n) is 9.59. The highest BCUT2D eigenvalue weighted by molar-refractivity contribution is 5.85. The summed E-state index contributed by atoms with van der Waals surface area (Å²) < 4.78 is 18.9. The molecule has 2 unspecified atom stereocenters. The molecule has 0 fully saturated rings. The Balaban J connectivity index is 0.00000480. The molecule has 1 aliphatic rings. The van der Waals surface area contributed by atoms with E-state index >= 15 is 0 Å². The highest BCUT2D eigenvalue weighted by Crippen LogP contribution is 2.44. The van der Waals surface area contributed by atoms with Crippen LogP contribution in [-0.4, -0.2) is 25.6 Å². The molecule has 1 heterocycles. The first-order valence-electron chi connectivity index (χ1n) is 16.4. The van der Waals surface area contributed by atoms with Crippen molar-refractivity contribution in [3.63, 3.8) is 0 Å². The smallest absolute Gasteiger partial charge is 0.220 e. The van der Waals surface area contributed by atoms with Gasteiger partial charge in [-0.05, 0) is 104 Å². The molecular formula is C40H48ClFN2O2. The maximum Gasteiger partial charge on any atom is 0.220 e. The monoisotopic (exact) mass is 642 g/mol. The number of methoxy groups -OCH3 is 1. The molecule has 46 heavy (non-hydrogen) atoms. The number of halogens is 2. The third-order valence-corrected chi connectivity index (χ3v) is 9.59. The molecule has 1 aliphatic heterocycles. The van der Waals surface area contributed by atoms with Crippen LogP contribution in [0.4, 0.5) is 4.39 Å². The van der Waals surface area contributed by atoms with E-state index in [-0.39, 0.29) is 35.1 Å². The van der Waals surface area contributed by atoms with Gasteiger partial charge in [-0.15, -0.1) is 12.4 Å². The molecule has 6 heteroatoms. The number of fused-ring (bicyclic) bond motifs is 1. The fourth-order valence-corrected chi connectivity index (χ4v) is 7.33. The second-order valence-corrected chi connectivity index (χ2v) is 12.9. The van der Waals surface area contributed by atoms with Crippen molar-refractivity contribution in [3.8, 4) is 5.75 Å². The van der Waals surface area contributed by atoms with Crippen molar-refractivity contribution in [2.24, 2.45) is 0 Å². The van der Waals surface area contributed by atoms with Gasteiger partial charge in [-0.3, -0.25) is 4.79 Å². The molecule has 0 radical (unpaired) electrons. The van der Waals surface area contributed by atoms with Crippen LogP contribution in [0, 0.1) is 5.82 Å². The van der Waals surface area contributed by atoms with E-state index < -0.39 is 0 Å².